The molecule has 3 rings (SSSR count). The summed E-state index contributed by atoms with van der Waals surface area (Å²) in [5.74, 6) is 0.835. The standard InChI is InChI=1S/C15H25N3S/c1-11-9-18-15(19-11)10-17-14-7-4-5-12(14)13-6-2-3-8-16-13/h9,12-14,16-17H,2-8,10H2,1H3. The highest BCUT2D eigenvalue weighted by atomic mass is 32.1. The third-order valence-electron chi connectivity index (χ3n) is 4.62. The number of nitrogens with one attached hydrogen (secondary N) is 2. The van der Waals surface area contributed by atoms with Crippen molar-refractivity contribution in [3.05, 3.63) is 16.1 Å². The fraction of sp³-hybridized carbons (Fsp3) is 0.800. The van der Waals surface area contributed by atoms with Gasteiger partial charge in [0.2, 0.25) is 0 Å². The SMILES string of the molecule is Cc1cnc(CNC2CCCC2C2CCCCN2)s1. The third kappa shape index (κ3) is 3.36. The van der Waals surface area contributed by atoms with Crippen molar-refractivity contribution in [3.63, 3.8) is 0 Å². The van der Waals surface area contributed by atoms with Gasteiger partial charge in [-0.05, 0) is 45.1 Å². The Balaban J connectivity index is 1.54. The number of rotatable bonds is 4. The maximum atomic E-state index is 4.45. The Hall–Kier alpha value is -0.450. The molecule has 4 heteroatoms. The zero-order chi connectivity index (χ0) is 13.1. The smallest absolute Gasteiger partial charge is 0.107 e. The van der Waals surface area contributed by atoms with Crippen molar-refractivity contribution in [2.75, 3.05) is 6.54 Å². The molecule has 0 bridgehead atoms. The van der Waals surface area contributed by atoms with Crippen LogP contribution in [0.3, 0.4) is 0 Å². The second-order valence-corrected chi connectivity index (χ2v) is 7.32. The first-order valence-corrected chi connectivity index (χ1v) is 8.52. The van der Waals surface area contributed by atoms with Crippen LogP contribution in [0, 0.1) is 12.8 Å². The first-order valence-electron chi connectivity index (χ1n) is 7.71. The quantitative estimate of drug-likeness (QED) is 0.890. The molecular formula is C15H25N3S. The van der Waals surface area contributed by atoms with Gasteiger partial charge in [-0.1, -0.05) is 12.8 Å². The number of aromatic nitrogens is 1. The van der Waals surface area contributed by atoms with Gasteiger partial charge in [0.15, 0.2) is 0 Å². The predicted molar refractivity (Wildman–Crippen MR) is 80.5 cm³/mol. The maximum Gasteiger partial charge on any atom is 0.107 e. The van der Waals surface area contributed by atoms with E-state index in [1.807, 2.05) is 17.5 Å². The van der Waals surface area contributed by atoms with Crippen LogP contribution in [0.4, 0.5) is 0 Å². The molecule has 3 nitrogen and oxygen atoms in total. The minimum absolute atomic E-state index is 0.694. The van der Waals surface area contributed by atoms with Gasteiger partial charge < -0.3 is 10.6 Å². The summed E-state index contributed by atoms with van der Waals surface area (Å²) in [5.41, 5.74) is 0. The Morgan fingerprint density at radius 2 is 2.26 bits per heavy atom. The Bertz CT molecular complexity index is 398. The second-order valence-electron chi connectivity index (χ2n) is 6.00. The van der Waals surface area contributed by atoms with Crippen LogP contribution >= 0.6 is 11.3 Å². The van der Waals surface area contributed by atoms with Gasteiger partial charge in [0.25, 0.3) is 0 Å². The normalized spacial score (nSPS) is 31.7. The van der Waals surface area contributed by atoms with Crippen molar-refractivity contribution >= 4 is 11.3 Å². The van der Waals surface area contributed by atoms with Gasteiger partial charge in [-0.25, -0.2) is 4.98 Å². The number of hydrogen-bond donors (Lipinski definition) is 2. The molecule has 0 spiro atoms. The summed E-state index contributed by atoms with van der Waals surface area (Å²) in [4.78, 5) is 5.77. The minimum atomic E-state index is 0.694. The molecule has 2 N–H and O–H groups in total. The van der Waals surface area contributed by atoms with Crippen LogP contribution in [0.25, 0.3) is 0 Å². The van der Waals surface area contributed by atoms with Crippen LogP contribution in [0.2, 0.25) is 0 Å². The average Bonchev–Trinajstić information content (AvgIpc) is 3.06. The van der Waals surface area contributed by atoms with Gasteiger partial charge in [-0.3, -0.25) is 0 Å². The van der Waals surface area contributed by atoms with E-state index in [1.54, 1.807) is 0 Å². The Morgan fingerprint density at radius 1 is 1.32 bits per heavy atom. The van der Waals surface area contributed by atoms with Crippen molar-refractivity contribution in [1.82, 2.24) is 15.6 Å². The number of hydrogen-bond acceptors (Lipinski definition) is 4. The fourth-order valence-corrected chi connectivity index (χ4v) is 4.41. The lowest BCUT2D eigenvalue weighted by Gasteiger charge is -2.33. The largest absolute Gasteiger partial charge is 0.314 e. The molecule has 2 aliphatic rings. The molecule has 3 atom stereocenters. The first-order chi connectivity index (χ1) is 9.33. The number of piperidine rings is 1. The van der Waals surface area contributed by atoms with Crippen LogP contribution in [0.15, 0.2) is 6.20 Å². The van der Waals surface area contributed by atoms with E-state index in [0.29, 0.717) is 6.04 Å². The molecule has 1 aliphatic carbocycles. The predicted octanol–water partition coefficient (Wildman–Crippen LogP) is 2.85. The summed E-state index contributed by atoms with van der Waals surface area (Å²) in [6.07, 6.45) is 10.2. The van der Waals surface area contributed by atoms with Gasteiger partial charge >= 0.3 is 0 Å². The second kappa shape index (κ2) is 6.33. The molecule has 1 saturated heterocycles. The molecule has 0 radical (unpaired) electrons. The summed E-state index contributed by atoms with van der Waals surface area (Å²) < 4.78 is 0. The molecule has 1 aromatic rings. The number of nitrogens with zero attached hydrogens (tertiary/aromatic N) is 1. The summed E-state index contributed by atoms with van der Waals surface area (Å²) in [5, 5.41) is 8.74. The molecule has 1 aliphatic heterocycles. The zero-order valence-electron chi connectivity index (χ0n) is 11.8. The van der Waals surface area contributed by atoms with E-state index in [4.69, 9.17) is 0 Å². The molecule has 3 unspecified atom stereocenters. The van der Waals surface area contributed by atoms with E-state index < -0.39 is 0 Å². The van der Waals surface area contributed by atoms with Crippen LogP contribution in [0.1, 0.15) is 48.4 Å². The summed E-state index contributed by atoms with van der Waals surface area (Å²) >= 11 is 1.82. The highest BCUT2D eigenvalue weighted by Crippen LogP contribution is 2.32. The fourth-order valence-electron chi connectivity index (χ4n) is 3.67. The average molecular weight is 279 g/mol. The minimum Gasteiger partial charge on any atom is -0.314 e. The Labute approximate surface area is 120 Å². The topological polar surface area (TPSA) is 37.0 Å². The first kappa shape index (κ1) is 13.5. The number of aryl methyl sites for hydroxylation is 1. The van der Waals surface area contributed by atoms with E-state index in [1.165, 1.54) is 55.0 Å². The highest BCUT2D eigenvalue weighted by Gasteiger charge is 2.33. The number of thiazole rings is 1. The summed E-state index contributed by atoms with van der Waals surface area (Å²) in [6, 6.07) is 1.45. The van der Waals surface area contributed by atoms with Gasteiger partial charge in [0.1, 0.15) is 5.01 Å². The van der Waals surface area contributed by atoms with Gasteiger partial charge in [-0.15, -0.1) is 11.3 Å². The monoisotopic (exact) mass is 279 g/mol. The summed E-state index contributed by atoms with van der Waals surface area (Å²) in [7, 11) is 0. The van der Waals surface area contributed by atoms with Gasteiger partial charge in [0.05, 0.1) is 0 Å². The van der Waals surface area contributed by atoms with E-state index >= 15 is 0 Å². The van der Waals surface area contributed by atoms with Crippen molar-refractivity contribution in [2.45, 2.75) is 64.1 Å². The van der Waals surface area contributed by atoms with E-state index in [0.717, 1.165) is 18.5 Å². The molecule has 0 amide bonds. The zero-order valence-corrected chi connectivity index (χ0v) is 12.6. The van der Waals surface area contributed by atoms with E-state index in [-0.39, 0.29) is 0 Å². The molecular weight excluding hydrogens is 254 g/mol. The lowest BCUT2D eigenvalue weighted by Crippen LogP contribution is -2.46. The molecule has 19 heavy (non-hydrogen) atoms. The van der Waals surface area contributed by atoms with Crippen molar-refractivity contribution < 1.29 is 0 Å². The van der Waals surface area contributed by atoms with Crippen molar-refractivity contribution in [1.29, 1.82) is 0 Å². The van der Waals surface area contributed by atoms with E-state index in [9.17, 15) is 0 Å². The molecule has 2 fully saturated rings. The van der Waals surface area contributed by atoms with Gasteiger partial charge in [0, 0.05) is 29.7 Å². The molecule has 2 heterocycles. The maximum absolute atomic E-state index is 4.45. The van der Waals surface area contributed by atoms with E-state index in [2.05, 4.69) is 22.5 Å². The van der Waals surface area contributed by atoms with Crippen molar-refractivity contribution in [2.24, 2.45) is 5.92 Å². The highest BCUT2D eigenvalue weighted by molar-refractivity contribution is 7.11. The third-order valence-corrected chi connectivity index (χ3v) is 5.53. The lowest BCUT2D eigenvalue weighted by molar-refractivity contribution is 0.257. The van der Waals surface area contributed by atoms with Crippen LogP contribution in [-0.4, -0.2) is 23.6 Å². The van der Waals surface area contributed by atoms with Crippen LogP contribution < -0.4 is 10.6 Å². The lowest BCUT2D eigenvalue weighted by atomic mass is 9.88. The molecule has 106 valence electrons. The Morgan fingerprint density at radius 3 is 3.00 bits per heavy atom. The van der Waals surface area contributed by atoms with Crippen LogP contribution in [0.5, 0.6) is 0 Å². The molecule has 0 aromatic carbocycles. The summed E-state index contributed by atoms with van der Waals surface area (Å²) in [6.45, 7) is 4.30. The van der Waals surface area contributed by atoms with Gasteiger partial charge in [-0.2, -0.15) is 0 Å². The van der Waals surface area contributed by atoms with Crippen molar-refractivity contribution in [3.8, 4) is 0 Å². The Kier molecular flexibility index (Phi) is 4.51. The molecule has 1 saturated carbocycles. The molecule has 1 aromatic heterocycles. The van der Waals surface area contributed by atoms with Crippen LogP contribution in [-0.2, 0) is 6.54 Å².